The van der Waals surface area contributed by atoms with Crippen molar-refractivity contribution in [1.29, 1.82) is 0 Å². The van der Waals surface area contributed by atoms with Gasteiger partial charge in [0.2, 0.25) is 43.7 Å². The number of rotatable bonds is 28. The molecule has 5 aromatic rings. The number of nitrogens with zero attached hydrogens (tertiary/aromatic N) is 4. The van der Waals surface area contributed by atoms with Gasteiger partial charge in [0.05, 0.1) is 21.9 Å². The van der Waals surface area contributed by atoms with Crippen LogP contribution in [0.1, 0.15) is 123 Å². The van der Waals surface area contributed by atoms with Crippen LogP contribution >= 0.6 is 0 Å². The fourth-order valence-corrected chi connectivity index (χ4v) is 16.5. The maximum absolute atomic E-state index is 15.3. The number of carbonyl (C=O) groups excluding carboxylic acids is 6. The second-order valence-electron chi connectivity index (χ2n) is 25.3. The van der Waals surface area contributed by atoms with Crippen molar-refractivity contribution in [3.05, 3.63) is 168 Å². The third-order valence-corrected chi connectivity index (χ3v) is 22.8. The largest absolute Gasteiger partial charge is 0.347 e. The van der Waals surface area contributed by atoms with Crippen LogP contribution in [0.2, 0.25) is 0 Å². The van der Waals surface area contributed by atoms with Gasteiger partial charge in [-0.3, -0.25) is 28.8 Å². The van der Waals surface area contributed by atoms with Gasteiger partial charge in [0.25, 0.3) is 11.8 Å². The monoisotopic (exact) mass is 1300 g/mol. The minimum Gasteiger partial charge on any atom is -0.347 e. The lowest BCUT2D eigenvalue weighted by Gasteiger charge is -2.36. The van der Waals surface area contributed by atoms with Crippen LogP contribution in [-0.2, 0) is 52.1 Å². The van der Waals surface area contributed by atoms with Gasteiger partial charge >= 0.3 is 0 Å². The molecule has 4 fully saturated rings. The van der Waals surface area contributed by atoms with Crippen molar-refractivity contribution >= 4 is 55.5 Å². The van der Waals surface area contributed by atoms with E-state index in [-0.39, 0.29) is 108 Å². The Morgan fingerprint density at radius 1 is 0.467 bits per heavy atom. The van der Waals surface area contributed by atoms with E-state index in [4.69, 9.17) is 0 Å². The summed E-state index contributed by atoms with van der Waals surface area (Å²) in [6.45, 7) is 3.60. The molecule has 2 heterocycles. The first-order chi connectivity index (χ1) is 44.3. The minimum absolute atomic E-state index is 0.0437. The Kier molecular flexibility index (Phi) is 24.4. The van der Waals surface area contributed by atoms with Crippen LogP contribution in [0.15, 0.2) is 155 Å². The Hall–Kier alpha value is -7.34. The molecule has 2 aliphatic carbocycles. The predicted molar refractivity (Wildman–Crippen MR) is 354 cm³/mol. The van der Waals surface area contributed by atoms with E-state index in [2.05, 4.69) is 31.9 Å². The molecule has 6 amide bonds. The van der Waals surface area contributed by atoms with Crippen molar-refractivity contribution in [3.63, 3.8) is 0 Å². The lowest BCUT2D eigenvalue weighted by Crippen LogP contribution is -2.57. The normalized spacial score (nSPS) is 20.5. The van der Waals surface area contributed by atoms with E-state index >= 15 is 9.59 Å². The Bertz CT molecular complexity index is 3260. The number of nitrogens with one attached hydrogen (secondary N) is 6. The highest BCUT2D eigenvalue weighted by Crippen LogP contribution is 2.33. The summed E-state index contributed by atoms with van der Waals surface area (Å²) in [6.07, 6.45) is 9.77. The van der Waals surface area contributed by atoms with E-state index in [9.17, 15) is 36.0 Å². The smallest absolute Gasteiger partial charge is 0.251 e. The van der Waals surface area contributed by atoms with Crippen LogP contribution < -0.4 is 31.9 Å². The minimum atomic E-state index is -4.10. The molecule has 494 valence electrons. The summed E-state index contributed by atoms with van der Waals surface area (Å²) >= 11 is 0. The van der Waals surface area contributed by atoms with E-state index in [1.165, 1.54) is 32.9 Å². The van der Waals surface area contributed by atoms with Crippen molar-refractivity contribution in [3.8, 4) is 0 Å². The Morgan fingerprint density at radius 2 is 0.793 bits per heavy atom. The lowest BCUT2D eigenvalue weighted by molar-refractivity contribution is -0.139. The molecule has 20 nitrogen and oxygen atoms in total. The van der Waals surface area contributed by atoms with E-state index in [1.807, 2.05) is 60.7 Å². The fourth-order valence-electron chi connectivity index (χ4n) is 13.5. The van der Waals surface area contributed by atoms with Crippen LogP contribution in [0.4, 0.5) is 0 Å². The third-order valence-electron chi connectivity index (χ3n) is 19.1. The van der Waals surface area contributed by atoms with Crippen LogP contribution in [0.5, 0.6) is 0 Å². The van der Waals surface area contributed by atoms with Gasteiger partial charge in [-0.15, -0.1) is 0 Å². The first-order valence-electron chi connectivity index (χ1n) is 32.8. The van der Waals surface area contributed by atoms with Crippen molar-refractivity contribution in [1.82, 2.24) is 50.3 Å². The Labute approximate surface area is 543 Å². The molecule has 2 saturated heterocycles. The van der Waals surface area contributed by atoms with Gasteiger partial charge in [0.15, 0.2) is 0 Å². The number of amides is 6. The molecule has 0 aromatic heterocycles. The SMILES string of the molecule is CN[C@@H](C)C(=O)N[C@H](C(=O)N1C[C@@H](NC(=O)c2ccc(C(=O)N[C@H]3C[C@@H](CN(CCc4ccccc4)S(=O)(=O)c4ccccc4)N(C(=O)[C@@H](NC(=O)[C@H](C)NC)C4CCCCC4)C3)cc2)C[C@H]1CN(CCc1ccccc1)S(=O)(=O)c1ccccc1)C1CCCCC1. The number of carbonyl (C=O) groups is 6. The highest BCUT2D eigenvalue weighted by atomic mass is 32.2. The summed E-state index contributed by atoms with van der Waals surface area (Å²) in [5.41, 5.74) is 2.32. The summed E-state index contributed by atoms with van der Waals surface area (Å²) in [5, 5.41) is 18.3. The molecule has 6 N–H and O–H groups in total. The predicted octanol–water partition coefficient (Wildman–Crippen LogP) is 6.30. The van der Waals surface area contributed by atoms with Crippen molar-refractivity contribution < 1.29 is 45.6 Å². The standard InChI is InChI=1S/C70H92N10O10S2/c1-49(71-3)65(81)75-63(53-27-15-7-16-28-53)69(85)79-45-57(43-59(79)47-77(41-39-51-23-11-5-12-24-51)91(87,88)61-31-19-9-20-32-61)73-67(83)55-35-37-56(38-36-55)68(84)74-58-44-60(80(46-58)70(86)64(54-29-17-8-18-30-54)76-66(82)50(2)72-4)48-78(42-40-52-25-13-6-14-26-52)92(89,90)62-33-21-10-22-34-62/h5-6,9-14,19-26,31-38,49-50,53-54,57-60,63-64,71-72H,7-8,15-18,27-30,39-48H2,1-4H3,(H,73,83)(H,74,84)(H,75,81)(H,76,82)/t49-,50-,57-,58-,59-,60-,63-,64-/m0/s1. The lowest BCUT2D eigenvalue weighted by atomic mass is 9.83. The van der Waals surface area contributed by atoms with Gasteiger partial charge < -0.3 is 41.7 Å². The van der Waals surface area contributed by atoms with Crippen molar-refractivity contribution in [2.75, 3.05) is 53.4 Å². The summed E-state index contributed by atoms with van der Waals surface area (Å²) in [6, 6.07) is 36.0. The highest BCUT2D eigenvalue weighted by molar-refractivity contribution is 7.89. The van der Waals surface area contributed by atoms with E-state index in [1.54, 1.807) is 98.4 Å². The third kappa shape index (κ3) is 17.7. The molecule has 0 spiro atoms. The molecule has 8 atom stereocenters. The van der Waals surface area contributed by atoms with Gasteiger partial charge in [-0.2, -0.15) is 8.61 Å². The van der Waals surface area contributed by atoms with Crippen LogP contribution in [0, 0.1) is 11.8 Å². The van der Waals surface area contributed by atoms with Gasteiger partial charge in [-0.25, -0.2) is 16.8 Å². The second-order valence-corrected chi connectivity index (χ2v) is 29.2. The molecule has 0 unspecified atom stereocenters. The number of hydrogen-bond acceptors (Lipinski definition) is 12. The first-order valence-corrected chi connectivity index (χ1v) is 35.7. The number of hydrogen-bond donors (Lipinski definition) is 6. The molecule has 2 aliphatic heterocycles. The molecular weight excluding hydrogens is 1200 g/mol. The second kappa shape index (κ2) is 32.5. The quantitative estimate of drug-likeness (QED) is 0.0323. The number of likely N-dealkylation sites (tertiary alicyclic amines) is 2. The van der Waals surface area contributed by atoms with E-state index in [0.29, 0.717) is 12.8 Å². The zero-order valence-electron chi connectivity index (χ0n) is 53.5. The molecule has 92 heavy (non-hydrogen) atoms. The molecule has 22 heteroatoms. The Morgan fingerprint density at radius 3 is 1.12 bits per heavy atom. The summed E-state index contributed by atoms with van der Waals surface area (Å²) < 4.78 is 61.4. The van der Waals surface area contributed by atoms with Crippen LogP contribution in [0.3, 0.4) is 0 Å². The van der Waals surface area contributed by atoms with Crippen molar-refractivity contribution in [2.45, 2.75) is 162 Å². The van der Waals surface area contributed by atoms with Gasteiger partial charge in [-0.05, 0) is 151 Å². The Balaban J connectivity index is 0.950. The molecule has 0 radical (unpaired) electrons. The summed E-state index contributed by atoms with van der Waals surface area (Å²) in [4.78, 5) is 90.1. The number of benzene rings is 5. The average Bonchev–Trinajstić information content (AvgIpc) is 1.59. The topological polar surface area (TPSA) is 256 Å². The molecule has 9 rings (SSSR count). The molecule has 4 aliphatic rings. The molecule has 2 saturated carbocycles. The zero-order valence-corrected chi connectivity index (χ0v) is 55.1. The summed E-state index contributed by atoms with van der Waals surface area (Å²) in [7, 11) is -4.85. The van der Waals surface area contributed by atoms with Crippen molar-refractivity contribution in [2.24, 2.45) is 11.8 Å². The first kappa shape index (κ1) is 69.0. The summed E-state index contributed by atoms with van der Waals surface area (Å²) in [5.74, 6) is -2.59. The molecule has 0 bridgehead atoms. The number of sulfonamides is 2. The molecular formula is C70H92N10O10S2. The average molecular weight is 1300 g/mol. The van der Waals surface area contributed by atoms with Gasteiger partial charge in [-0.1, -0.05) is 136 Å². The zero-order chi connectivity index (χ0) is 65.4. The maximum atomic E-state index is 15.3. The van der Waals surface area contributed by atoms with Gasteiger partial charge in [0.1, 0.15) is 12.1 Å². The van der Waals surface area contributed by atoms with Crippen LogP contribution in [0.25, 0.3) is 0 Å². The van der Waals surface area contributed by atoms with Crippen LogP contribution in [-0.4, -0.2) is 172 Å². The van der Waals surface area contributed by atoms with E-state index in [0.717, 1.165) is 75.3 Å². The van der Waals surface area contributed by atoms with Gasteiger partial charge in [0, 0.05) is 74.6 Å². The highest BCUT2D eigenvalue weighted by Gasteiger charge is 2.46. The van der Waals surface area contributed by atoms with E-state index < -0.39 is 80.2 Å². The molecule has 5 aromatic carbocycles. The maximum Gasteiger partial charge on any atom is 0.251 e. The number of likely N-dealkylation sites (N-methyl/N-ethyl adjacent to an activating group) is 2. The fraction of sp³-hybridized carbons (Fsp3) is 0.486.